The fourth-order valence-corrected chi connectivity index (χ4v) is 2.09. The molecule has 88 valence electrons. The highest BCUT2D eigenvalue weighted by atomic mass is 16.5. The van der Waals surface area contributed by atoms with Gasteiger partial charge in [0.05, 0.1) is 6.54 Å². The van der Waals surface area contributed by atoms with Crippen LogP contribution in [0, 0.1) is 0 Å². The van der Waals surface area contributed by atoms with E-state index in [1.807, 2.05) is 18.2 Å². The molecule has 17 heavy (non-hydrogen) atoms. The van der Waals surface area contributed by atoms with Gasteiger partial charge in [0, 0.05) is 13.5 Å². The molecule has 0 fully saturated rings. The Hall–Kier alpha value is -2.04. The lowest BCUT2D eigenvalue weighted by Gasteiger charge is -2.09. The maximum atomic E-state index is 11.6. The van der Waals surface area contributed by atoms with Crippen LogP contribution in [-0.4, -0.2) is 20.5 Å². The lowest BCUT2D eigenvalue weighted by molar-refractivity contribution is 0.201. The molecule has 1 atom stereocenters. The number of aromatic nitrogens is 3. The molecule has 2 heterocycles. The lowest BCUT2D eigenvalue weighted by atomic mass is 10.1. The monoisotopic (exact) mass is 231 g/mol. The summed E-state index contributed by atoms with van der Waals surface area (Å²) in [6.45, 7) is 0.494. The summed E-state index contributed by atoms with van der Waals surface area (Å²) in [7, 11) is 1.69. The first-order chi connectivity index (χ1) is 8.24. The summed E-state index contributed by atoms with van der Waals surface area (Å²) < 4.78 is 8.67. The van der Waals surface area contributed by atoms with Gasteiger partial charge >= 0.3 is 5.69 Å². The van der Waals surface area contributed by atoms with Gasteiger partial charge < -0.3 is 4.74 Å². The van der Waals surface area contributed by atoms with Gasteiger partial charge in [-0.15, -0.1) is 0 Å². The summed E-state index contributed by atoms with van der Waals surface area (Å²) in [5.74, 6) is 0.918. The zero-order valence-corrected chi connectivity index (χ0v) is 9.54. The molecular formula is C12H13N3O2. The maximum absolute atomic E-state index is 11.6. The first-order valence-electron chi connectivity index (χ1n) is 5.57. The standard InChI is InChI=1S/C12H13N3O2/c1-14-8-13-15(12(14)16)7-10-6-9-4-2-3-5-11(9)17-10/h2-5,8,10H,6-7H2,1H3. The molecule has 1 unspecified atom stereocenters. The molecule has 3 rings (SSSR count). The number of fused-ring (bicyclic) bond motifs is 1. The Morgan fingerprint density at radius 2 is 2.29 bits per heavy atom. The number of hydrogen-bond acceptors (Lipinski definition) is 3. The summed E-state index contributed by atoms with van der Waals surface area (Å²) >= 11 is 0. The molecule has 0 bridgehead atoms. The Kier molecular flexibility index (Phi) is 2.24. The molecule has 0 radical (unpaired) electrons. The van der Waals surface area contributed by atoms with Crippen molar-refractivity contribution in [1.82, 2.24) is 14.3 Å². The average molecular weight is 231 g/mol. The molecule has 0 aliphatic carbocycles. The van der Waals surface area contributed by atoms with E-state index in [9.17, 15) is 4.79 Å². The van der Waals surface area contributed by atoms with E-state index < -0.39 is 0 Å². The van der Waals surface area contributed by atoms with Crippen LogP contribution in [0.2, 0.25) is 0 Å². The van der Waals surface area contributed by atoms with Crippen LogP contribution in [0.4, 0.5) is 0 Å². The summed E-state index contributed by atoms with van der Waals surface area (Å²) in [4.78, 5) is 11.6. The largest absolute Gasteiger partial charge is 0.488 e. The summed E-state index contributed by atoms with van der Waals surface area (Å²) in [6.07, 6.45) is 2.35. The smallest absolute Gasteiger partial charge is 0.345 e. The molecule has 1 aromatic heterocycles. The zero-order valence-electron chi connectivity index (χ0n) is 9.54. The number of hydrogen-bond donors (Lipinski definition) is 0. The van der Waals surface area contributed by atoms with Crippen molar-refractivity contribution in [2.75, 3.05) is 0 Å². The molecule has 0 saturated heterocycles. The highest BCUT2D eigenvalue weighted by Crippen LogP contribution is 2.28. The molecule has 5 nitrogen and oxygen atoms in total. The molecule has 0 N–H and O–H groups in total. The van der Waals surface area contributed by atoms with Gasteiger partial charge in [-0.2, -0.15) is 5.10 Å². The predicted octanol–water partition coefficient (Wildman–Crippen LogP) is 0.585. The summed E-state index contributed by atoms with van der Waals surface area (Å²) in [5.41, 5.74) is 1.09. The number of benzene rings is 1. The van der Waals surface area contributed by atoms with Crippen LogP contribution >= 0.6 is 0 Å². The van der Waals surface area contributed by atoms with E-state index in [1.165, 1.54) is 21.1 Å². The Morgan fingerprint density at radius 1 is 1.47 bits per heavy atom. The minimum atomic E-state index is -0.107. The lowest BCUT2D eigenvalue weighted by Crippen LogP contribution is -2.30. The molecule has 1 aliphatic rings. The summed E-state index contributed by atoms with van der Waals surface area (Å²) in [6, 6.07) is 7.96. The van der Waals surface area contributed by atoms with Gasteiger partial charge in [0.15, 0.2) is 0 Å². The van der Waals surface area contributed by atoms with E-state index in [0.717, 1.165) is 12.2 Å². The van der Waals surface area contributed by atoms with Crippen molar-refractivity contribution in [3.05, 3.63) is 46.6 Å². The third kappa shape index (κ3) is 1.73. The Balaban J connectivity index is 1.78. The highest BCUT2D eigenvalue weighted by molar-refractivity contribution is 5.37. The van der Waals surface area contributed by atoms with Crippen LogP contribution in [0.5, 0.6) is 5.75 Å². The first-order valence-corrected chi connectivity index (χ1v) is 5.57. The van der Waals surface area contributed by atoms with E-state index in [4.69, 9.17) is 4.74 Å². The highest BCUT2D eigenvalue weighted by Gasteiger charge is 2.23. The van der Waals surface area contributed by atoms with Crippen molar-refractivity contribution in [2.24, 2.45) is 7.05 Å². The summed E-state index contributed by atoms with van der Waals surface area (Å²) in [5, 5.41) is 4.03. The number of rotatable bonds is 2. The van der Waals surface area contributed by atoms with E-state index >= 15 is 0 Å². The second-order valence-corrected chi connectivity index (χ2v) is 4.26. The zero-order chi connectivity index (χ0) is 11.8. The SMILES string of the molecule is Cn1cnn(CC2Cc3ccccc3O2)c1=O. The van der Waals surface area contributed by atoms with Crippen molar-refractivity contribution in [2.45, 2.75) is 19.1 Å². The van der Waals surface area contributed by atoms with Gasteiger partial charge in [0.2, 0.25) is 0 Å². The number of nitrogens with zero attached hydrogens (tertiary/aromatic N) is 3. The first kappa shape index (κ1) is 10.1. The fraction of sp³-hybridized carbons (Fsp3) is 0.333. The van der Waals surface area contributed by atoms with Crippen LogP contribution in [0.3, 0.4) is 0 Å². The quantitative estimate of drug-likeness (QED) is 0.760. The van der Waals surface area contributed by atoms with Gasteiger partial charge in [-0.1, -0.05) is 18.2 Å². The van der Waals surface area contributed by atoms with Gasteiger partial charge in [0.25, 0.3) is 0 Å². The normalized spacial score (nSPS) is 17.8. The Morgan fingerprint density at radius 3 is 3.00 bits per heavy atom. The Labute approximate surface area is 98.3 Å². The van der Waals surface area contributed by atoms with Gasteiger partial charge in [-0.25, -0.2) is 9.48 Å². The molecule has 1 aliphatic heterocycles. The second kappa shape index (κ2) is 3.76. The van der Waals surface area contributed by atoms with Crippen molar-refractivity contribution < 1.29 is 4.74 Å². The molecule has 2 aromatic rings. The molecule has 0 amide bonds. The molecule has 1 aromatic carbocycles. The Bertz CT molecular complexity index is 575. The molecular weight excluding hydrogens is 218 g/mol. The van der Waals surface area contributed by atoms with Gasteiger partial charge in [-0.3, -0.25) is 4.57 Å². The minimum Gasteiger partial charge on any atom is -0.488 e. The number of ether oxygens (including phenoxy) is 1. The van der Waals surface area contributed by atoms with Crippen molar-refractivity contribution in [3.8, 4) is 5.75 Å². The van der Waals surface area contributed by atoms with E-state index in [1.54, 1.807) is 7.05 Å². The van der Waals surface area contributed by atoms with Crippen molar-refractivity contribution in [1.29, 1.82) is 0 Å². The fourth-order valence-electron chi connectivity index (χ4n) is 2.09. The van der Waals surface area contributed by atoms with Crippen LogP contribution in [-0.2, 0) is 20.0 Å². The van der Waals surface area contributed by atoms with Crippen molar-refractivity contribution >= 4 is 0 Å². The number of aryl methyl sites for hydroxylation is 1. The van der Waals surface area contributed by atoms with Crippen LogP contribution in [0.25, 0.3) is 0 Å². The van der Waals surface area contributed by atoms with Crippen LogP contribution in [0.15, 0.2) is 35.4 Å². The topological polar surface area (TPSA) is 49.0 Å². The molecule has 0 spiro atoms. The number of para-hydroxylation sites is 1. The molecule has 0 saturated carbocycles. The van der Waals surface area contributed by atoms with Gasteiger partial charge in [-0.05, 0) is 11.6 Å². The third-order valence-electron chi connectivity index (χ3n) is 2.98. The van der Waals surface area contributed by atoms with Crippen LogP contribution in [0.1, 0.15) is 5.56 Å². The van der Waals surface area contributed by atoms with E-state index in [-0.39, 0.29) is 11.8 Å². The average Bonchev–Trinajstić information content (AvgIpc) is 2.87. The maximum Gasteiger partial charge on any atom is 0.345 e. The predicted molar refractivity (Wildman–Crippen MR) is 62.0 cm³/mol. The van der Waals surface area contributed by atoms with Gasteiger partial charge in [0.1, 0.15) is 18.2 Å². The molecule has 5 heteroatoms. The van der Waals surface area contributed by atoms with E-state index in [2.05, 4.69) is 11.2 Å². The second-order valence-electron chi connectivity index (χ2n) is 4.26. The van der Waals surface area contributed by atoms with E-state index in [0.29, 0.717) is 6.54 Å². The van der Waals surface area contributed by atoms with Crippen LogP contribution < -0.4 is 10.4 Å². The van der Waals surface area contributed by atoms with Crippen molar-refractivity contribution in [3.63, 3.8) is 0 Å². The minimum absolute atomic E-state index is 0.000000000000000222. The third-order valence-corrected chi connectivity index (χ3v) is 2.98.